The SMILES string of the molecule is Cc1cccc(CN2CCN(S(=O)(=O)c3c(Cl)cccc3Cl)CC2)c1. The molecule has 0 unspecified atom stereocenters. The number of sulfonamides is 1. The molecule has 2 aromatic rings. The minimum absolute atomic E-state index is 0.00506. The van der Waals surface area contributed by atoms with E-state index in [0.717, 1.165) is 6.54 Å². The van der Waals surface area contributed by atoms with Crippen molar-refractivity contribution in [3.63, 3.8) is 0 Å². The second kappa shape index (κ2) is 7.64. The summed E-state index contributed by atoms with van der Waals surface area (Å²) in [4.78, 5) is 2.26. The molecule has 0 aliphatic carbocycles. The van der Waals surface area contributed by atoms with Gasteiger partial charge in [-0.15, -0.1) is 0 Å². The van der Waals surface area contributed by atoms with Crippen LogP contribution in [0.4, 0.5) is 0 Å². The van der Waals surface area contributed by atoms with Gasteiger partial charge in [-0.1, -0.05) is 59.1 Å². The van der Waals surface area contributed by atoms with Crippen LogP contribution in [0.2, 0.25) is 10.0 Å². The number of nitrogens with zero attached hydrogens (tertiary/aromatic N) is 2. The van der Waals surface area contributed by atoms with E-state index in [1.165, 1.54) is 15.4 Å². The van der Waals surface area contributed by atoms with Gasteiger partial charge in [0.2, 0.25) is 10.0 Å². The lowest BCUT2D eigenvalue weighted by Crippen LogP contribution is -2.48. The number of hydrogen-bond donors (Lipinski definition) is 0. The Morgan fingerprint density at radius 3 is 2.16 bits per heavy atom. The van der Waals surface area contributed by atoms with E-state index in [9.17, 15) is 8.42 Å². The highest BCUT2D eigenvalue weighted by molar-refractivity contribution is 7.89. The molecule has 0 saturated carbocycles. The predicted octanol–water partition coefficient (Wildman–Crippen LogP) is 3.81. The zero-order chi connectivity index (χ0) is 18.0. The molecule has 1 fully saturated rings. The molecular formula is C18H20Cl2N2O2S. The first kappa shape index (κ1) is 18.7. The van der Waals surface area contributed by atoms with E-state index in [2.05, 4.69) is 30.0 Å². The number of benzene rings is 2. The average molecular weight is 399 g/mol. The maximum absolute atomic E-state index is 12.9. The Labute approximate surface area is 159 Å². The van der Waals surface area contributed by atoms with Crippen LogP contribution >= 0.6 is 23.2 Å². The van der Waals surface area contributed by atoms with Crippen molar-refractivity contribution in [2.45, 2.75) is 18.4 Å². The second-order valence-corrected chi connectivity index (χ2v) is 8.91. The maximum Gasteiger partial charge on any atom is 0.246 e. The molecule has 0 bridgehead atoms. The summed E-state index contributed by atoms with van der Waals surface area (Å²) in [5.41, 5.74) is 2.47. The van der Waals surface area contributed by atoms with Crippen LogP contribution in [0, 0.1) is 6.92 Å². The Bertz CT molecular complexity index is 843. The molecule has 0 N–H and O–H groups in total. The summed E-state index contributed by atoms with van der Waals surface area (Å²) >= 11 is 12.2. The quantitative estimate of drug-likeness (QED) is 0.785. The van der Waals surface area contributed by atoms with Crippen molar-refractivity contribution in [3.8, 4) is 0 Å². The summed E-state index contributed by atoms with van der Waals surface area (Å²) in [5, 5.41) is 0.324. The second-order valence-electron chi connectivity index (χ2n) is 6.22. The van der Waals surface area contributed by atoms with Crippen molar-refractivity contribution in [1.29, 1.82) is 0 Å². The Morgan fingerprint density at radius 1 is 0.960 bits per heavy atom. The van der Waals surface area contributed by atoms with E-state index in [1.807, 2.05) is 6.07 Å². The van der Waals surface area contributed by atoms with E-state index in [0.29, 0.717) is 26.2 Å². The van der Waals surface area contributed by atoms with E-state index in [-0.39, 0.29) is 14.9 Å². The summed E-state index contributed by atoms with van der Waals surface area (Å²) in [6.07, 6.45) is 0. The van der Waals surface area contributed by atoms with Gasteiger partial charge in [-0.3, -0.25) is 4.90 Å². The topological polar surface area (TPSA) is 40.6 Å². The number of halogens is 2. The molecule has 4 nitrogen and oxygen atoms in total. The van der Waals surface area contributed by atoms with Gasteiger partial charge in [0, 0.05) is 32.7 Å². The molecule has 134 valence electrons. The third-order valence-electron chi connectivity index (χ3n) is 4.34. The van der Waals surface area contributed by atoms with Gasteiger partial charge in [0.05, 0.1) is 10.0 Å². The average Bonchev–Trinajstić information content (AvgIpc) is 2.55. The van der Waals surface area contributed by atoms with E-state index < -0.39 is 10.0 Å². The Kier molecular flexibility index (Phi) is 5.71. The largest absolute Gasteiger partial charge is 0.296 e. The van der Waals surface area contributed by atoms with E-state index in [4.69, 9.17) is 23.2 Å². The fraction of sp³-hybridized carbons (Fsp3) is 0.333. The first-order chi connectivity index (χ1) is 11.9. The van der Waals surface area contributed by atoms with Gasteiger partial charge in [0.25, 0.3) is 0 Å². The third kappa shape index (κ3) is 4.18. The highest BCUT2D eigenvalue weighted by Crippen LogP contribution is 2.31. The number of aryl methyl sites for hydroxylation is 1. The van der Waals surface area contributed by atoms with Crippen LogP contribution in [0.3, 0.4) is 0 Å². The fourth-order valence-corrected chi connectivity index (χ4v) is 5.57. The van der Waals surface area contributed by atoms with Gasteiger partial charge in [0.15, 0.2) is 0 Å². The highest BCUT2D eigenvalue weighted by atomic mass is 35.5. The van der Waals surface area contributed by atoms with Crippen LogP contribution in [0.15, 0.2) is 47.4 Å². The first-order valence-corrected chi connectivity index (χ1v) is 10.3. The standard InChI is InChI=1S/C18H20Cl2N2O2S/c1-14-4-2-5-15(12-14)13-21-8-10-22(11-9-21)25(23,24)18-16(19)6-3-7-17(18)20/h2-7,12H,8-11,13H2,1H3. The first-order valence-electron chi connectivity index (χ1n) is 8.10. The summed E-state index contributed by atoms with van der Waals surface area (Å²) in [5.74, 6) is 0. The van der Waals surface area contributed by atoms with Crippen LogP contribution < -0.4 is 0 Å². The molecule has 7 heteroatoms. The molecule has 0 radical (unpaired) electrons. The van der Waals surface area contributed by atoms with Crippen LogP contribution in [-0.2, 0) is 16.6 Å². The molecule has 0 amide bonds. The minimum atomic E-state index is -3.68. The Hall–Kier alpha value is -1.11. The smallest absolute Gasteiger partial charge is 0.246 e. The molecule has 3 rings (SSSR count). The Morgan fingerprint density at radius 2 is 1.56 bits per heavy atom. The van der Waals surface area contributed by atoms with Crippen molar-refractivity contribution < 1.29 is 8.42 Å². The number of piperazine rings is 1. The zero-order valence-electron chi connectivity index (χ0n) is 14.0. The van der Waals surface area contributed by atoms with Crippen LogP contribution in [0.5, 0.6) is 0 Å². The van der Waals surface area contributed by atoms with Gasteiger partial charge >= 0.3 is 0 Å². The molecule has 0 atom stereocenters. The fourth-order valence-electron chi connectivity index (χ4n) is 3.05. The van der Waals surface area contributed by atoms with Crippen molar-refractivity contribution in [3.05, 3.63) is 63.6 Å². The van der Waals surface area contributed by atoms with E-state index >= 15 is 0 Å². The van der Waals surface area contributed by atoms with Gasteiger partial charge in [-0.05, 0) is 24.6 Å². The normalized spacial score (nSPS) is 16.9. The minimum Gasteiger partial charge on any atom is -0.296 e. The van der Waals surface area contributed by atoms with Crippen molar-refractivity contribution >= 4 is 33.2 Å². The summed E-state index contributed by atoms with van der Waals surface area (Å²) < 4.78 is 27.2. The number of hydrogen-bond acceptors (Lipinski definition) is 3. The molecular weight excluding hydrogens is 379 g/mol. The van der Waals surface area contributed by atoms with Crippen molar-refractivity contribution in [1.82, 2.24) is 9.21 Å². The third-order valence-corrected chi connectivity index (χ3v) is 7.19. The summed E-state index contributed by atoms with van der Waals surface area (Å²) in [6, 6.07) is 13.1. The van der Waals surface area contributed by atoms with E-state index in [1.54, 1.807) is 18.2 Å². The van der Waals surface area contributed by atoms with Crippen LogP contribution in [0.25, 0.3) is 0 Å². The number of rotatable bonds is 4. The lowest BCUT2D eigenvalue weighted by Gasteiger charge is -2.34. The van der Waals surface area contributed by atoms with Crippen LogP contribution in [0.1, 0.15) is 11.1 Å². The van der Waals surface area contributed by atoms with Gasteiger partial charge in [-0.25, -0.2) is 8.42 Å². The van der Waals surface area contributed by atoms with Gasteiger partial charge in [-0.2, -0.15) is 4.31 Å². The van der Waals surface area contributed by atoms with Crippen LogP contribution in [-0.4, -0.2) is 43.8 Å². The highest BCUT2D eigenvalue weighted by Gasteiger charge is 2.31. The molecule has 0 spiro atoms. The molecule has 1 aliphatic rings. The Balaban J connectivity index is 1.69. The monoisotopic (exact) mass is 398 g/mol. The summed E-state index contributed by atoms with van der Waals surface area (Å²) in [6.45, 7) is 5.10. The molecule has 1 saturated heterocycles. The molecule has 1 aliphatic heterocycles. The van der Waals surface area contributed by atoms with Gasteiger partial charge < -0.3 is 0 Å². The maximum atomic E-state index is 12.9. The molecule has 1 heterocycles. The van der Waals surface area contributed by atoms with Crippen molar-refractivity contribution in [2.75, 3.05) is 26.2 Å². The lowest BCUT2D eigenvalue weighted by atomic mass is 10.1. The molecule has 25 heavy (non-hydrogen) atoms. The van der Waals surface area contributed by atoms with Crippen molar-refractivity contribution in [2.24, 2.45) is 0 Å². The van der Waals surface area contributed by atoms with Gasteiger partial charge in [0.1, 0.15) is 4.90 Å². The zero-order valence-corrected chi connectivity index (χ0v) is 16.3. The predicted molar refractivity (Wildman–Crippen MR) is 102 cm³/mol. The molecule has 0 aromatic heterocycles. The lowest BCUT2D eigenvalue weighted by molar-refractivity contribution is 0.181. The molecule has 2 aromatic carbocycles. The summed E-state index contributed by atoms with van der Waals surface area (Å²) in [7, 11) is -3.68.